The second-order valence-electron chi connectivity index (χ2n) is 9.42. The third-order valence-electron chi connectivity index (χ3n) is 6.95. The molecule has 8 heteroatoms. The van der Waals surface area contributed by atoms with E-state index in [0.717, 1.165) is 0 Å². The van der Waals surface area contributed by atoms with Crippen LogP contribution in [0.3, 0.4) is 0 Å². The molecule has 0 amide bonds. The number of rotatable bonds is 5. The Kier molecular flexibility index (Phi) is 9.68. The standard InChI is InChI=1S/C34H20F2O4.2Na/c35-25-9-1-19(2-10-25)33(39)23-5-13-27-21(17-23)7-15-29(37)31(27)32-28-14-6-24(18-22(28)8-16-30(32)38)34(40)20-3-11-26(36)12-4-20;;/h1-18,37-38H;;/q;2*+1/p-2. The van der Waals surface area contributed by atoms with Gasteiger partial charge in [-0.3, -0.25) is 9.59 Å². The monoisotopic (exact) mass is 574 g/mol. The van der Waals surface area contributed by atoms with Gasteiger partial charge in [-0.15, -0.1) is 11.5 Å². The van der Waals surface area contributed by atoms with Gasteiger partial charge in [0.25, 0.3) is 0 Å². The second-order valence-corrected chi connectivity index (χ2v) is 9.42. The van der Waals surface area contributed by atoms with Gasteiger partial charge in [0.2, 0.25) is 0 Å². The van der Waals surface area contributed by atoms with Crippen molar-refractivity contribution in [2.75, 3.05) is 0 Å². The van der Waals surface area contributed by atoms with E-state index in [1.54, 1.807) is 48.5 Å². The fourth-order valence-electron chi connectivity index (χ4n) is 4.95. The predicted octanol–water partition coefficient (Wildman–Crippen LogP) is 0.555. The molecule has 0 fully saturated rings. The van der Waals surface area contributed by atoms with E-state index < -0.39 is 11.6 Å². The van der Waals surface area contributed by atoms with E-state index in [1.165, 1.54) is 60.7 Å². The van der Waals surface area contributed by atoms with Crippen LogP contribution in [0, 0.1) is 11.6 Å². The zero-order chi connectivity index (χ0) is 28.0. The molecular formula is C34H18F2Na2O4. The first-order chi connectivity index (χ1) is 19.3. The van der Waals surface area contributed by atoms with Gasteiger partial charge < -0.3 is 10.2 Å². The predicted molar refractivity (Wildman–Crippen MR) is 145 cm³/mol. The smallest absolute Gasteiger partial charge is 0.872 e. The normalized spacial score (nSPS) is 10.6. The number of carbonyl (C=O) groups excluding carboxylic acids is 2. The van der Waals surface area contributed by atoms with Crippen LogP contribution in [0.5, 0.6) is 11.5 Å². The summed E-state index contributed by atoms with van der Waals surface area (Å²) >= 11 is 0. The van der Waals surface area contributed by atoms with Crippen LogP contribution in [-0.4, -0.2) is 11.6 Å². The minimum atomic E-state index is -0.446. The summed E-state index contributed by atoms with van der Waals surface area (Å²) in [7, 11) is 0. The Bertz CT molecular complexity index is 1830. The maximum absolute atomic E-state index is 13.3. The summed E-state index contributed by atoms with van der Waals surface area (Å²) in [5.74, 6) is -2.22. The Morgan fingerprint density at radius 3 is 1.14 bits per heavy atom. The van der Waals surface area contributed by atoms with Crippen molar-refractivity contribution in [3.8, 4) is 22.6 Å². The number of benzene rings is 6. The molecule has 194 valence electrons. The Labute approximate surface area is 284 Å². The first kappa shape index (κ1) is 31.6. The van der Waals surface area contributed by atoms with Crippen LogP contribution in [0.2, 0.25) is 0 Å². The summed E-state index contributed by atoms with van der Waals surface area (Å²) in [6.45, 7) is 0. The molecule has 0 aliphatic heterocycles. The summed E-state index contributed by atoms with van der Waals surface area (Å²) in [4.78, 5) is 26.0. The van der Waals surface area contributed by atoms with Crippen molar-refractivity contribution < 1.29 is 87.7 Å². The molecule has 0 atom stereocenters. The molecule has 0 aliphatic rings. The maximum atomic E-state index is 13.3. The van der Waals surface area contributed by atoms with Gasteiger partial charge in [-0.05, 0) is 93.3 Å². The maximum Gasteiger partial charge on any atom is 1.00 e. The van der Waals surface area contributed by atoms with Crippen LogP contribution in [0.15, 0.2) is 109 Å². The van der Waals surface area contributed by atoms with Gasteiger partial charge in [-0.25, -0.2) is 8.78 Å². The molecule has 0 bridgehead atoms. The van der Waals surface area contributed by atoms with Crippen molar-refractivity contribution in [3.05, 3.63) is 143 Å². The Morgan fingerprint density at radius 2 is 0.786 bits per heavy atom. The minimum absolute atomic E-state index is 0. The minimum Gasteiger partial charge on any atom is -0.872 e. The SMILES string of the molecule is O=C(c1ccc(F)cc1)c1ccc2c(-c3c([O-])ccc4cc(C(=O)c5ccc(F)cc5)ccc34)c([O-])ccc2c1.[Na+].[Na+]. The summed E-state index contributed by atoms with van der Waals surface area (Å²) < 4.78 is 26.6. The van der Waals surface area contributed by atoms with E-state index in [-0.39, 0.29) is 93.3 Å². The van der Waals surface area contributed by atoms with Crippen molar-refractivity contribution in [1.82, 2.24) is 0 Å². The van der Waals surface area contributed by atoms with Gasteiger partial charge in [0, 0.05) is 22.3 Å². The second kappa shape index (κ2) is 12.9. The van der Waals surface area contributed by atoms with Gasteiger partial charge in [0.05, 0.1) is 0 Å². The summed E-state index contributed by atoms with van der Waals surface area (Å²) in [6.07, 6.45) is 0. The van der Waals surface area contributed by atoms with Gasteiger partial charge in [0.1, 0.15) is 11.6 Å². The van der Waals surface area contributed by atoms with Gasteiger partial charge >= 0.3 is 59.1 Å². The molecule has 0 aliphatic carbocycles. The van der Waals surface area contributed by atoms with E-state index in [1.807, 2.05) is 0 Å². The van der Waals surface area contributed by atoms with E-state index in [4.69, 9.17) is 0 Å². The molecule has 4 nitrogen and oxygen atoms in total. The van der Waals surface area contributed by atoms with Crippen molar-refractivity contribution >= 4 is 33.1 Å². The van der Waals surface area contributed by atoms with Crippen LogP contribution in [0.1, 0.15) is 31.8 Å². The largest absolute Gasteiger partial charge is 1.00 e. The molecule has 0 aromatic heterocycles. The van der Waals surface area contributed by atoms with E-state index >= 15 is 0 Å². The first-order valence-corrected chi connectivity index (χ1v) is 12.4. The number of hydrogen-bond donors (Lipinski definition) is 0. The molecule has 0 N–H and O–H groups in total. The van der Waals surface area contributed by atoms with Crippen molar-refractivity contribution in [3.63, 3.8) is 0 Å². The molecule has 0 unspecified atom stereocenters. The molecule has 0 spiro atoms. The van der Waals surface area contributed by atoms with Crippen LogP contribution >= 0.6 is 0 Å². The van der Waals surface area contributed by atoms with Crippen LogP contribution in [0.25, 0.3) is 32.7 Å². The molecular weight excluding hydrogens is 556 g/mol. The zero-order valence-corrected chi connectivity index (χ0v) is 26.8. The molecule has 0 saturated carbocycles. The van der Waals surface area contributed by atoms with E-state index in [2.05, 4.69) is 0 Å². The molecule has 0 saturated heterocycles. The molecule has 6 aromatic carbocycles. The fraction of sp³-hybridized carbons (Fsp3) is 0. The average molecular weight is 574 g/mol. The third-order valence-corrected chi connectivity index (χ3v) is 6.95. The molecule has 42 heavy (non-hydrogen) atoms. The third kappa shape index (κ3) is 5.92. The molecule has 0 heterocycles. The Morgan fingerprint density at radius 1 is 0.452 bits per heavy atom. The Balaban J connectivity index is 0.00000202. The fourth-order valence-corrected chi connectivity index (χ4v) is 4.95. The summed E-state index contributed by atoms with van der Waals surface area (Å²) in [5.41, 5.74) is 1.76. The molecule has 6 rings (SSSR count). The quantitative estimate of drug-likeness (QED) is 0.223. The van der Waals surface area contributed by atoms with Crippen molar-refractivity contribution in [1.29, 1.82) is 0 Å². The number of carbonyl (C=O) groups is 2. The first-order valence-electron chi connectivity index (χ1n) is 12.4. The van der Waals surface area contributed by atoms with E-state index in [0.29, 0.717) is 43.8 Å². The number of fused-ring (bicyclic) bond motifs is 2. The van der Waals surface area contributed by atoms with Crippen molar-refractivity contribution in [2.45, 2.75) is 0 Å². The molecule has 6 aromatic rings. The number of hydrogen-bond acceptors (Lipinski definition) is 4. The van der Waals surface area contributed by atoms with Gasteiger partial charge in [0.15, 0.2) is 11.6 Å². The van der Waals surface area contributed by atoms with Gasteiger partial charge in [-0.1, -0.05) is 48.5 Å². The average Bonchev–Trinajstić information content (AvgIpc) is 2.97. The summed E-state index contributed by atoms with van der Waals surface area (Å²) in [5, 5.41) is 28.5. The van der Waals surface area contributed by atoms with Crippen LogP contribution < -0.4 is 69.3 Å². The van der Waals surface area contributed by atoms with Crippen LogP contribution in [-0.2, 0) is 0 Å². The molecule has 0 radical (unpaired) electrons. The number of halogens is 2. The summed E-state index contributed by atoms with van der Waals surface area (Å²) in [6, 6.07) is 26.1. The van der Waals surface area contributed by atoms with E-state index in [9.17, 15) is 28.6 Å². The Hall–Kier alpha value is -3.36. The number of ketones is 2. The topological polar surface area (TPSA) is 80.3 Å². The van der Waals surface area contributed by atoms with Gasteiger partial charge in [-0.2, -0.15) is 0 Å². The van der Waals surface area contributed by atoms with Crippen molar-refractivity contribution in [2.24, 2.45) is 0 Å². The van der Waals surface area contributed by atoms with Crippen LogP contribution in [0.4, 0.5) is 8.78 Å². The zero-order valence-electron chi connectivity index (χ0n) is 22.8.